The van der Waals surface area contributed by atoms with Crippen molar-refractivity contribution in [2.24, 2.45) is 7.05 Å². The number of H-pyrrole nitrogens is 1. The zero-order chi connectivity index (χ0) is 17.8. The molecule has 0 unspecified atom stereocenters. The van der Waals surface area contributed by atoms with E-state index in [2.05, 4.69) is 10.2 Å². The Kier molecular flexibility index (Phi) is 5.33. The zero-order valence-corrected chi connectivity index (χ0v) is 14.4. The highest BCUT2D eigenvalue weighted by atomic mass is 16.3. The molecule has 2 N–H and O–H groups in total. The molecule has 134 valence electrons. The van der Waals surface area contributed by atoms with Crippen molar-refractivity contribution in [2.75, 3.05) is 13.1 Å². The molecule has 1 aromatic heterocycles. The number of nitrogens with one attached hydrogen (secondary N) is 1. The van der Waals surface area contributed by atoms with E-state index in [-0.39, 0.29) is 24.1 Å². The van der Waals surface area contributed by atoms with Gasteiger partial charge in [-0.3, -0.25) is 9.36 Å². The van der Waals surface area contributed by atoms with Crippen LogP contribution < -0.4 is 5.69 Å². The Balaban J connectivity index is 1.49. The topological polar surface area (TPSA) is 91.2 Å². The number of likely N-dealkylation sites (tertiary alicyclic amines) is 1. The Hall–Kier alpha value is -2.41. The second-order valence-electron chi connectivity index (χ2n) is 6.58. The lowest BCUT2D eigenvalue weighted by Crippen LogP contribution is -2.38. The molecule has 2 aromatic rings. The number of amides is 1. The molecule has 0 atom stereocenters. The van der Waals surface area contributed by atoms with Gasteiger partial charge in [0, 0.05) is 32.5 Å². The minimum atomic E-state index is -0.194. The first kappa shape index (κ1) is 17.4. The van der Waals surface area contributed by atoms with Gasteiger partial charge in [-0.1, -0.05) is 24.3 Å². The Bertz CT molecular complexity index is 770. The maximum absolute atomic E-state index is 12.4. The molecule has 0 radical (unpaired) electrons. The van der Waals surface area contributed by atoms with Crippen LogP contribution in [0, 0.1) is 0 Å². The fourth-order valence-corrected chi connectivity index (χ4v) is 3.33. The number of aliphatic hydroxyl groups excluding tert-OH is 1. The lowest BCUT2D eigenvalue weighted by Gasteiger charge is -2.31. The van der Waals surface area contributed by atoms with Crippen LogP contribution in [-0.2, 0) is 24.9 Å². The summed E-state index contributed by atoms with van der Waals surface area (Å²) in [5.41, 5.74) is 1.79. The van der Waals surface area contributed by atoms with Crippen molar-refractivity contribution < 1.29 is 9.90 Å². The van der Waals surface area contributed by atoms with Crippen LogP contribution in [0.1, 0.15) is 42.1 Å². The van der Waals surface area contributed by atoms with Gasteiger partial charge in [0.1, 0.15) is 5.82 Å². The summed E-state index contributed by atoms with van der Waals surface area (Å²) >= 11 is 0. The summed E-state index contributed by atoms with van der Waals surface area (Å²) in [5, 5.41) is 15.6. The number of benzene rings is 1. The molecule has 3 rings (SSSR count). The number of nitrogens with zero attached hydrogens (tertiary/aromatic N) is 3. The number of hydrogen-bond donors (Lipinski definition) is 2. The number of rotatable bonds is 5. The Morgan fingerprint density at radius 2 is 1.88 bits per heavy atom. The molecule has 0 bridgehead atoms. The molecular formula is C18H24N4O3. The van der Waals surface area contributed by atoms with E-state index in [4.69, 9.17) is 5.11 Å². The van der Waals surface area contributed by atoms with Crippen molar-refractivity contribution in [3.05, 3.63) is 51.7 Å². The summed E-state index contributed by atoms with van der Waals surface area (Å²) in [5.74, 6) is 1.17. The summed E-state index contributed by atoms with van der Waals surface area (Å²) < 4.78 is 1.55. The molecule has 1 saturated heterocycles. The third kappa shape index (κ3) is 3.99. The fourth-order valence-electron chi connectivity index (χ4n) is 3.33. The first-order valence-electron chi connectivity index (χ1n) is 8.66. The van der Waals surface area contributed by atoms with Crippen molar-refractivity contribution in [1.82, 2.24) is 19.7 Å². The van der Waals surface area contributed by atoms with Gasteiger partial charge in [-0.05, 0) is 30.4 Å². The Labute approximate surface area is 146 Å². The Morgan fingerprint density at radius 1 is 1.24 bits per heavy atom. The van der Waals surface area contributed by atoms with Crippen LogP contribution in [0.15, 0.2) is 29.1 Å². The minimum absolute atomic E-state index is 0.0375. The average Bonchev–Trinajstić information content (AvgIpc) is 2.99. The first-order valence-corrected chi connectivity index (χ1v) is 8.66. The van der Waals surface area contributed by atoms with Gasteiger partial charge in [0.05, 0.1) is 6.61 Å². The van der Waals surface area contributed by atoms with Gasteiger partial charge < -0.3 is 10.0 Å². The van der Waals surface area contributed by atoms with Gasteiger partial charge in [-0.25, -0.2) is 9.89 Å². The highest BCUT2D eigenvalue weighted by Crippen LogP contribution is 2.26. The SMILES string of the molecule is Cn1c(C2CCN(C(=O)CCc3ccc(CO)cc3)CC2)n[nH]c1=O. The van der Waals surface area contributed by atoms with Crippen molar-refractivity contribution in [3.63, 3.8) is 0 Å². The fraction of sp³-hybridized carbons (Fsp3) is 0.500. The lowest BCUT2D eigenvalue weighted by atomic mass is 9.95. The van der Waals surface area contributed by atoms with Crippen LogP contribution in [0.5, 0.6) is 0 Å². The van der Waals surface area contributed by atoms with Crippen LogP contribution in [0.3, 0.4) is 0 Å². The monoisotopic (exact) mass is 344 g/mol. The zero-order valence-electron chi connectivity index (χ0n) is 14.4. The van der Waals surface area contributed by atoms with E-state index in [0.29, 0.717) is 25.9 Å². The molecule has 1 amide bonds. The molecule has 1 aliphatic heterocycles. The molecule has 25 heavy (non-hydrogen) atoms. The predicted octanol–water partition coefficient (Wildman–Crippen LogP) is 0.940. The van der Waals surface area contributed by atoms with Crippen molar-refractivity contribution in [2.45, 2.75) is 38.2 Å². The molecule has 1 aliphatic rings. The normalized spacial score (nSPS) is 15.5. The molecule has 2 heterocycles. The van der Waals surface area contributed by atoms with Crippen LogP contribution in [0.4, 0.5) is 0 Å². The summed E-state index contributed by atoms with van der Waals surface area (Å²) in [6, 6.07) is 7.70. The van der Waals surface area contributed by atoms with E-state index < -0.39 is 0 Å². The third-order valence-corrected chi connectivity index (χ3v) is 4.96. The van der Waals surface area contributed by atoms with Crippen LogP contribution in [0.2, 0.25) is 0 Å². The number of aryl methyl sites for hydroxylation is 1. The second-order valence-corrected chi connectivity index (χ2v) is 6.58. The highest BCUT2D eigenvalue weighted by Gasteiger charge is 2.26. The minimum Gasteiger partial charge on any atom is -0.392 e. The number of carbonyl (C=O) groups is 1. The molecule has 7 nitrogen and oxygen atoms in total. The van der Waals surface area contributed by atoms with Gasteiger partial charge in [0.15, 0.2) is 0 Å². The van der Waals surface area contributed by atoms with Crippen LogP contribution in [0.25, 0.3) is 0 Å². The third-order valence-electron chi connectivity index (χ3n) is 4.96. The van der Waals surface area contributed by atoms with E-state index in [9.17, 15) is 9.59 Å². The summed E-state index contributed by atoms with van der Waals surface area (Å²) in [4.78, 5) is 25.8. The standard InChI is InChI=1S/C18H24N4O3/c1-21-17(19-20-18(21)25)15-8-10-22(11-9-15)16(24)7-6-13-2-4-14(12-23)5-3-13/h2-5,15,23H,6-12H2,1H3,(H,20,25). The highest BCUT2D eigenvalue weighted by molar-refractivity contribution is 5.76. The van der Waals surface area contributed by atoms with Crippen molar-refractivity contribution in [3.8, 4) is 0 Å². The van der Waals surface area contributed by atoms with Gasteiger partial charge in [-0.2, -0.15) is 5.10 Å². The van der Waals surface area contributed by atoms with E-state index in [1.807, 2.05) is 29.2 Å². The molecule has 0 spiro atoms. The first-order chi connectivity index (χ1) is 12.1. The molecular weight excluding hydrogens is 320 g/mol. The van der Waals surface area contributed by atoms with Crippen molar-refractivity contribution >= 4 is 5.91 Å². The maximum Gasteiger partial charge on any atom is 0.343 e. The van der Waals surface area contributed by atoms with Gasteiger partial charge in [0.2, 0.25) is 5.91 Å². The number of aromatic nitrogens is 3. The van der Waals surface area contributed by atoms with Crippen LogP contribution >= 0.6 is 0 Å². The summed E-state index contributed by atoms with van der Waals surface area (Å²) in [6.07, 6.45) is 2.85. The average molecular weight is 344 g/mol. The number of aromatic amines is 1. The largest absolute Gasteiger partial charge is 0.392 e. The van der Waals surface area contributed by atoms with E-state index in [1.54, 1.807) is 11.6 Å². The Morgan fingerprint density at radius 3 is 2.44 bits per heavy atom. The maximum atomic E-state index is 12.4. The number of aliphatic hydroxyl groups is 1. The molecule has 0 saturated carbocycles. The van der Waals surface area contributed by atoms with Crippen LogP contribution in [-0.4, -0.2) is 43.8 Å². The number of hydrogen-bond acceptors (Lipinski definition) is 4. The van der Waals surface area contributed by atoms with Gasteiger partial charge in [0.25, 0.3) is 0 Å². The molecule has 0 aliphatic carbocycles. The van der Waals surface area contributed by atoms with Gasteiger partial charge >= 0.3 is 5.69 Å². The molecule has 1 aromatic carbocycles. The van der Waals surface area contributed by atoms with E-state index in [0.717, 1.165) is 29.8 Å². The smallest absolute Gasteiger partial charge is 0.343 e. The van der Waals surface area contributed by atoms with Gasteiger partial charge in [-0.15, -0.1) is 0 Å². The number of carbonyl (C=O) groups excluding carboxylic acids is 1. The molecule has 1 fully saturated rings. The van der Waals surface area contributed by atoms with Crippen molar-refractivity contribution in [1.29, 1.82) is 0 Å². The summed E-state index contributed by atoms with van der Waals surface area (Å²) in [6.45, 7) is 1.44. The quantitative estimate of drug-likeness (QED) is 0.844. The number of piperidine rings is 1. The van der Waals surface area contributed by atoms with E-state index in [1.165, 1.54) is 0 Å². The molecule has 7 heteroatoms. The summed E-state index contributed by atoms with van der Waals surface area (Å²) in [7, 11) is 1.72. The predicted molar refractivity (Wildman–Crippen MR) is 93.1 cm³/mol. The lowest BCUT2D eigenvalue weighted by molar-refractivity contribution is -0.132. The second kappa shape index (κ2) is 7.65. The van der Waals surface area contributed by atoms with E-state index >= 15 is 0 Å².